The minimum atomic E-state index is -4.51. The molecule has 184 valence electrons. The zero-order valence-electron chi connectivity index (χ0n) is 19.4. The maximum atomic E-state index is 13.3. The molecule has 0 radical (unpaired) electrons. The fourth-order valence-corrected chi connectivity index (χ4v) is 4.76. The summed E-state index contributed by atoms with van der Waals surface area (Å²) in [7, 11) is 0. The van der Waals surface area contributed by atoms with Crippen LogP contribution in [0, 0.1) is 11.3 Å². The number of ether oxygens (including phenoxy) is 1. The number of benzene rings is 1. The Morgan fingerprint density at radius 3 is 2.50 bits per heavy atom. The van der Waals surface area contributed by atoms with E-state index in [0.717, 1.165) is 29.8 Å². The molecule has 0 spiro atoms. The number of anilines is 2. The van der Waals surface area contributed by atoms with Crippen LogP contribution >= 0.6 is 11.6 Å². The third kappa shape index (κ3) is 5.00. The van der Waals surface area contributed by atoms with Crippen LogP contribution < -0.4 is 11.1 Å². The van der Waals surface area contributed by atoms with E-state index in [1.54, 1.807) is 13.8 Å². The number of aromatic nitrogens is 2. The largest absolute Gasteiger partial charge is 0.416 e. The number of carbonyl (C=O) groups excluding carboxylic acids is 1. The van der Waals surface area contributed by atoms with E-state index >= 15 is 0 Å². The average molecular weight is 497 g/mol. The third-order valence-corrected chi connectivity index (χ3v) is 6.94. The van der Waals surface area contributed by atoms with Gasteiger partial charge in [-0.1, -0.05) is 0 Å². The Hall–Kier alpha value is -2.39. The van der Waals surface area contributed by atoms with E-state index in [9.17, 15) is 18.0 Å². The highest BCUT2D eigenvalue weighted by molar-refractivity contribution is 6.28. The lowest BCUT2D eigenvalue weighted by molar-refractivity contribution is -0.155. The van der Waals surface area contributed by atoms with Crippen LogP contribution in [0.15, 0.2) is 18.2 Å². The summed E-state index contributed by atoms with van der Waals surface area (Å²) in [5, 5.41) is 3.33. The predicted octanol–water partition coefficient (Wildman–Crippen LogP) is 5.18. The molecule has 1 aromatic heterocycles. The van der Waals surface area contributed by atoms with Crippen LogP contribution in [-0.4, -0.2) is 29.0 Å². The maximum Gasteiger partial charge on any atom is 0.416 e. The SMILES string of the molecule is CC1(C(=O)CCC2Cc3nc(Cl)nc(NC(C)(C)c4cc(N)cc(C(F)(F)F)c4)c3C2)COC1. The average Bonchev–Trinajstić information content (AvgIpc) is 3.12. The molecule has 2 aliphatic rings. The molecule has 3 N–H and O–H groups in total. The van der Waals surface area contributed by atoms with Crippen LogP contribution in [0.5, 0.6) is 0 Å². The highest BCUT2D eigenvalue weighted by atomic mass is 35.5. The molecule has 2 heterocycles. The minimum absolute atomic E-state index is 0.0286. The van der Waals surface area contributed by atoms with Crippen molar-refractivity contribution in [2.45, 2.75) is 58.2 Å². The van der Waals surface area contributed by atoms with Gasteiger partial charge in [0.05, 0.1) is 35.4 Å². The van der Waals surface area contributed by atoms with Gasteiger partial charge in [0.15, 0.2) is 0 Å². The lowest BCUT2D eigenvalue weighted by atomic mass is 9.80. The first-order chi connectivity index (χ1) is 15.8. The Morgan fingerprint density at radius 2 is 1.88 bits per heavy atom. The molecule has 1 fully saturated rings. The van der Waals surface area contributed by atoms with Gasteiger partial charge in [-0.2, -0.15) is 13.2 Å². The lowest BCUT2D eigenvalue weighted by Crippen LogP contribution is -2.46. The van der Waals surface area contributed by atoms with E-state index in [2.05, 4.69) is 15.3 Å². The molecule has 34 heavy (non-hydrogen) atoms. The first kappa shape index (κ1) is 24.7. The van der Waals surface area contributed by atoms with Crippen LogP contribution in [-0.2, 0) is 34.1 Å². The number of nitrogens with one attached hydrogen (secondary N) is 1. The molecule has 0 bridgehead atoms. The monoisotopic (exact) mass is 496 g/mol. The number of rotatable bonds is 7. The van der Waals surface area contributed by atoms with Gasteiger partial charge in [-0.15, -0.1) is 0 Å². The zero-order chi connectivity index (χ0) is 24.9. The van der Waals surface area contributed by atoms with Crippen molar-refractivity contribution in [3.63, 3.8) is 0 Å². The number of alkyl halides is 3. The maximum absolute atomic E-state index is 13.3. The number of Topliss-reactive ketones (excluding diaryl/α,β-unsaturated/α-hetero) is 1. The number of nitrogen functional groups attached to an aromatic ring is 1. The van der Waals surface area contributed by atoms with Gasteiger partial charge in [-0.05, 0) is 81.3 Å². The van der Waals surface area contributed by atoms with E-state index in [4.69, 9.17) is 22.1 Å². The molecule has 10 heteroatoms. The molecule has 0 amide bonds. The molecule has 1 saturated heterocycles. The summed E-state index contributed by atoms with van der Waals surface area (Å²) in [4.78, 5) is 21.3. The molecule has 1 atom stereocenters. The van der Waals surface area contributed by atoms with Gasteiger partial charge in [0, 0.05) is 17.7 Å². The van der Waals surface area contributed by atoms with Crippen molar-refractivity contribution in [3.8, 4) is 0 Å². The Morgan fingerprint density at radius 1 is 1.21 bits per heavy atom. The summed E-state index contributed by atoms with van der Waals surface area (Å²) >= 11 is 6.18. The van der Waals surface area contributed by atoms with Crippen LogP contribution in [0.2, 0.25) is 5.28 Å². The Kier molecular flexibility index (Phi) is 6.31. The topological polar surface area (TPSA) is 90.1 Å². The predicted molar refractivity (Wildman–Crippen MR) is 124 cm³/mol. The van der Waals surface area contributed by atoms with Crippen LogP contribution in [0.1, 0.15) is 56.0 Å². The number of hydrogen-bond donors (Lipinski definition) is 2. The second-order valence-corrected chi connectivity index (χ2v) is 10.5. The Labute approximate surface area is 201 Å². The highest BCUT2D eigenvalue weighted by Crippen LogP contribution is 2.39. The van der Waals surface area contributed by atoms with Crippen molar-refractivity contribution in [2.24, 2.45) is 11.3 Å². The number of carbonyl (C=O) groups is 1. The molecular weight excluding hydrogens is 469 g/mol. The zero-order valence-corrected chi connectivity index (χ0v) is 20.1. The number of nitrogens with two attached hydrogens (primary N) is 1. The number of hydrogen-bond acceptors (Lipinski definition) is 6. The van der Waals surface area contributed by atoms with Gasteiger partial charge in [-0.3, -0.25) is 4.79 Å². The number of ketones is 1. The Balaban J connectivity index is 1.53. The van der Waals surface area contributed by atoms with Gasteiger partial charge in [0.1, 0.15) is 11.6 Å². The van der Waals surface area contributed by atoms with E-state index < -0.39 is 17.3 Å². The third-order valence-electron chi connectivity index (χ3n) is 6.77. The minimum Gasteiger partial charge on any atom is -0.399 e. The summed E-state index contributed by atoms with van der Waals surface area (Å²) in [6, 6.07) is 3.52. The Bertz CT molecular complexity index is 1120. The van der Waals surface area contributed by atoms with Gasteiger partial charge < -0.3 is 15.8 Å². The fourth-order valence-electron chi connectivity index (χ4n) is 4.58. The van der Waals surface area contributed by atoms with Crippen molar-refractivity contribution in [1.29, 1.82) is 0 Å². The summed E-state index contributed by atoms with van der Waals surface area (Å²) in [5.74, 6) is 0.911. The van der Waals surface area contributed by atoms with Crippen molar-refractivity contribution in [2.75, 3.05) is 24.3 Å². The van der Waals surface area contributed by atoms with Crippen molar-refractivity contribution in [3.05, 3.63) is 45.9 Å². The molecule has 1 aromatic carbocycles. The number of halogens is 4. The van der Waals surface area contributed by atoms with Crippen molar-refractivity contribution in [1.82, 2.24) is 9.97 Å². The number of fused-ring (bicyclic) bond motifs is 1. The molecular formula is C24H28ClF3N4O2. The number of nitrogens with zero attached hydrogens (tertiary/aromatic N) is 2. The van der Waals surface area contributed by atoms with E-state index in [1.807, 2.05) is 6.92 Å². The molecule has 1 aliphatic heterocycles. The summed E-state index contributed by atoms with van der Waals surface area (Å²) in [6.45, 7) is 6.40. The van der Waals surface area contributed by atoms with Crippen LogP contribution in [0.3, 0.4) is 0 Å². The first-order valence-electron chi connectivity index (χ1n) is 11.2. The molecule has 1 aliphatic carbocycles. The smallest absolute Gasteiger partial charge is 0.399 e. The van der Waals surface area contributed by atoms with Gasteiger partial charge in [-0.25, -0.2) is 9.97 Å². The van der Waals surface area contributed by atoms with Crippen molar-refractivity contribution >= 4 is 28.9 Å². The molecule has 1 unspecified atom stereocenters. The lowest BCUT2D eigenvalue weighted by Gasteiger charge is -2.36. The summed E-state index contributed by atoms with van der Waals surface area (Å²) < 4.78 is 45.2. The molecule has 6 nitrogen and oxygen atoms in total. The quantitative estimate of drug-likeness (QED) is 0.405. The second-order valence-electron chi connectivity index (χ2n) is 10.1. The van der Waals surface area contributed by atoms with Crippen LogP contribution in [0.25, 0.3) is 0 Å². The normalized spacial score (nSPS) is 19.4. The van der Waals surface area contributed by atoms with Gasteiger partial charge in [0.25, 0.3) is 0 Å². The van der Waals surface area contributed by atoms with E-state index in [1.165, 1.54) is 6.07 Å². The van der Waals surface area contributed by atoms with Crippen molar-refractivity contribution < 1.29 is 22.7 Å². The first-order valence-corrected chi connectivity index (χ1v) is 11.6. The second kappa shape index (κ2) is 8.68. The van der Waals surface area contributed by atoms with Crippen LogP contribution in [0.4, 0.5) is 24.7 Å². The molecule has 2 aromatic rings. The molecule has 0 saturated carbocycles. The molecule has 4 rings (SSSR count). The van der Waals surface area contributed by atoms with Gasteiger partial charge in [0.2, 0.25) is 5.28 Å². The van der Waals surface area contributed by atoms with E-state index in [-0.39, 0.29) is 28.1 Å². The standard InChI is InChI=1S/C24H28ClF3N4O2/c1-22(2,14-8-15(24(26,27)28)10-16(29)9-14)32-20-17-6-13(7-18(17)30-21(25)31-20)4-5-19(33)23(3)11-34-12-23/h8-10,13H,4-7,11-12,29H2,1-3H3,(H,30,31,32). The fraction of sp³-hybridized carbons (Fsp3) is 0.542. The summed E-state index contributed by atoms with van der Waals surface area (Å²) in [6.07, 6.45) is -1.99. The van der Waals surface area contributed by atoms with Gasteiger partial charge >= 0.3 is 6.18 Å². The summed E-state index contributed by atoms with van der Waals surface area (Å²) in [5.41, 5.74) is 5.75. The van der Waals surface area contributed by atoms with E-state index in [0.29, 0.717) is 43.9 Å². The highest BCUT2D eigenvalue weighted by Gasteiger charge is 2.41.